The number of benzene rings is 2. The molecule has 3 nitrogen and oxygen atoms in total. The molecule has 0 saturated carbocycles. The Hall–Kier alpha value is -2.04. The van der Waals surface area contributed by atoms with Gasteiger partial charge in [-0.1, -0.05) is 54.6 Å². The van der Waals surface area contributed by atoms with Crippen LogP contribution in [0.2, 0.25) is 5.02 Å². The topological polar surface area (TPSA) is 49.7 Å². The Morgan fingerprint density at radius 1 is 1.22 bits per heavy atom. The number of thioether (sulfide) groups is 1. The fourth-order valence-electron chi connectivity index (χ4n) is 2.20. The van der Waals surface area contributed by atoms with E-state index in [-0.39, 0.29) is 11.7 Å². The number of aryl methyl sites for hydroxylation is 1. The van der Waals surface area contributed by atoms with E-state index in [0.29, 0.717) is 20.5 Å². The smallest absolute Gasteiger partial charge is 0.284 e. The van der Waals surface area contributed by atoms with E-state index in [1.807, 2.05) is 24.3 Å². The lowest BCUT2D eigenvalue weighted by Gasteiger charge is -2.02. The van der Waals surface area contributed by atoms with E-state index < -0.39 is 0 Å². The number of hydrogen-bond acceptors (Lipinski definition) is 3. The molecule has 2 aromatic carbocycles. The zero-order chi connectivity index (χ0) is 16.4. The highest BCUT2D eigenvalue weighted by Gasteiger charge is 2.23. The van der Waals surface area contributed by atoms with Gasteiger partial charge in [-0.25, -0.2) is 4.99 Å². The molecule has 0 aromatic heterocycles. The van der Waals surface area contributed by atoms with Gasteiger partial charge in [0.15, 0.2) is 0 Å². The first kappa shape index (κ1) is 15.8. The van der Waals surface area contributed by atoms with Gasteiger partial charge in [0.1, 0.15) is 10.8 Å². The van der Waals surface area contributed by atoms with Crippen LogP contribution >= 0.6 is 23.4 Å². The fraction of sp³-hybridized carbons (Fsp3) is 0.111. The molecule has 0 bridgehead atoms. The summed E-state index contributed by atoms with van der Waals surface area (Å²) in [6.45, 7) is 2.10. The molecule has 1 heterocycles. The summed E-state index contributed by atoms with van der Waals surface area (Å²) < 4.78 is 0. The van der Waals surface area contributed by atoms with Crippen LogP contribution in [-0.4, -0.2) is 16.1 Å². The van der Waals surface area contributed by atoms with Crippen LogP contribution < -0.4 is 0 Å². The Balaban J connectivity index is 1.87. The minimum Gasteiger partial charge on any atom is -0.507 e. The number of phenolic OH excluding ortho intramolecular Hbond substituents is 1. The molecule has 1 amide bonds. The standard InChI is InChI=1S/C18H14ClNO2S/c1-2-11-3-5-12(6-4-11)18-20-17(22)16(23-18)10-13-9-14(19)7-8-15(13)21/h3-10,21H,2H2,1H3. The number of carbonyl (C=O) groups excluding carboxylic acids is 1. The van der Waals surface area contributed by atoms with E-state index in [2.05, 4.69) is 11.9 Å². The van der Waals surface area contributed by atoms with Gasteiger partial charge in [-0.05, 0) is 36.3 Å². The number of nitrogens with zero attached hydrogens (tertiary/aromatic N) is 1. The summed E-state index contributed by atoms with van der Waals surface area (Å²) in [7, 11) is 0. The summed E-state index contributed by atoms with van der Waals surface area (Å²) in [4.78, 5) is 16.7. The molecule has 0 saturated heterocycles. The van der Waals surface area contributed by atoms with E-state index >= 15 is 0 Å². The van der Waals surface area contributed by atoms with Crippen molar-refractivity contribution in [3.63, 3.8) is 0 Å². The number of hydrogen-bond donors (Lipinski definition) is 1. The van der Waals surface area contributed by atoms with E-state index in [1.54, 1.807) is 18.2 Å². The Kier molecular flexibility index (Phi) is 4.55. The Morgan fingerprint density at radius 2 is 1.96 bits per heavy atom. The highest BCUT2D eigenvalue weighted by Crippen LogP contribution is 2.34. The lowest BCUT2D eigenvalue weighted by Crippen LogP contribution is -1.92. The second-order valence-corrected chi connectivity index (χ2v) is 6.55. The summed E-state index contributed by atoms with van der Waals surface area (Å²) >= 11 is 7.23. The van der Waals surface area contributed by atoms with Gasteiger partial charge in [0, 0.05) is 16.1 Å². The van der Waals surface area contributed by atoms with Crippen LogP contribution in [0.4, 0.5) is 0 Å². The molecule has 0 aliphatic carbocycles. The third-order valence-corrected chi connectivity index (χ3v) is 4.77. The maximum atomic E-state index is 12.1. The monoisotopic (exact) mass is 343 g/mol. The second-order valence-electron chi connectivity index (χ2n) is 5.09. The molecule has 5 heteroatoms. The van der Waals surface area contributed by atoms with Crippen molar-refractivity contribution in [3.8, 4) is 5.75 Å². The van der Waals surface area contributed by atoms with Gasteiger partial charge in [-0.3, -0.25) is 4.79 Å². The largest absolute Gasteiger partial charge is 0.507 e. The molecule has 0 spiro atoms. The molecular formula is C18H14ClNO2S. The number of halogens is 1. The van der Waals surface area contributed by atoms with E-state index in [9.17, 15) is 9.90 Å². The number of aromatic hydroxyl groups is 1. The molecule has 2 aromatic rings. The molecule has 0 atom stereocenters. The minimum absolute atomic E-state index is 0.0797. The fourth-order valence-corrected chi connectivity index (χ4v) is 3.29. The molecule has 1 aliphatic rings. The van der Waals surface area contributed by atoms with Crippen molar-refractivity contribution in [3.05, 3.63) is 69.1 Å². The van der Waals surface area contributed by atoms with Crippen molar-refractivity contribution >= 4 is 40.4 Å². The quantitative estimate of drug-likeness (QED) is 0.824. The van der Waals surface area contributed by atoms with E-state index in [0.717, 1.165) is 12.0 Å². The number of carbonyl (C=O) groups is 1. The Morgan fingerprint density at radius 3 is 2.65 bits per heavy atom. The summed E-state index contributed by atoms with van der Waals surface area (Å²) in [6, 6.07) is 12.7. The minimum atomic E-state index is -0.302. The normalized spacial score (nSPS) is 16.0. The van der Waals surface area contributed by atoms with Gasteiger partial charge in [0.25, 0.3) is 5.91 Å². The number of amides is 1. The average molecular weight is 344 g/mol. The van der Waals surface area contributed by atoms with Gasteiger partial charge >= 0.3 is 0 Å². The van der Waals surface area contributed by atoms with Crippen molar-refractivity contribution in [2.45, 2.75) is 13.3 Å². The number of phenols is 1. The van der Waals surface area contributed by atoms with Crippen molar-refractivity contribution in [2.75, 3.05) is 0 Å². The lowest BCUT2D eigenvalue weighted by atomic mass is 10.1. The average Bonchev–Trinajstić information content (AvgIpc) is 2.92. The highest BCUT2D eigenvalue weighted by atomic mass is 35.5. The second kappa shape index (κ2) is 6.60. The third-order valence-electron chi connectivity index (χ3n) is 3.51. The van der Waals surface area contributed by atoms with Crippen LogP contribution in [0.1, 0.15) is 23.6 Å². The highest BCUT2D eigenvalue weighted by molar-refractivity contribution is 8.19. The van der Waals surface area contributed by atoms with Gasteiger partial charge < -0.3 is 5.11 Å². The van der Waals surface area contributed by atoms with Crippen molar-refractivity contribution < 1.29 is 9.90 Å². The summed E-state index contributed by atoms with van der Waals surface area (Å²) in [5, 5.41) is 11.0. The van der Waals surface area contributed by atoms with Crippen LogP contribution in [0, 0.1) is 0 Å². The molecule has 0 unspecified atom stereocenters. The summed E-state index contributed by atoms with van der Waals surface area (Å²) in [5.74, 6) is -0.222. The zero-order valence-electron chi connectivity index (χ0n) is 12.4. The van der Waals surface area contributed by atoms with Crippen molar-refractivity contribution in [1.82, 2.24) is 0 Å². The van der Waals surface area contributed by atoms with Gasteiger partial charge in [-0.15, -0.1) is 0 Å². The molecule has 0 radical (unpaired) electrons. The molecular weight excluding hydrogens is 330 g/mol. The van der Waals surface area contributed by atoms with Gasteiger partial charge in [0.05, 0.1) is 4.91 Å². The van der Waals surface area contributed by atoms with Crippen LogP contribution in [-0.2, 0) is 11.2 Å². The molecule has 23 heavy (non-hydrogen) atoms. The Labute approximate surface area is 143 Å². The Bertz CT molecular complexity index is 825. The zero-order valence-corrected chi connectivity index (χ0v) is 14.0. The van der Waals surface area contributed by atoms with Crippen LogP contribution in [0.3, 0.4) is 0 Å². The van der Waals surface area contributed by atoms with Crippen LogP contribution in [0.15, 0.2) is 52.4 Å². The van der Waals surface area contributed by atoms with E-state index in [4.69, 9.17) is 11.6 Å². The van der Waals surface area contributed by atoms with Gasteiger partial charge in [-0.2, -0.15) is 0 Å². The number of aliphatic imine (C=N–C) groups is 1. The molecule has 116 valence electrons. The lowest BCUT2D eigenvalue weighted by molar-refractivity contribution is -0.113. The summed E-state index contributed by atoms with van der Waals surface area (Å²) in [6.07, 6.45) is 2.59. The first-order valence-electron chi connectivity index (χ1n) is 7.17. The molecule has 1 N–H and O–H groups in total. The molecule has 1 aliphatic heterocycles. The SMILES string of the molecule is CCc1ccc(C2=NC(=O)C(=Cc3cc(Cl)ccc3O)S2)cc1. The first-order valence-corrected chi connectivity index (χ1v) is 8.36. The van der Waals surface area contributed by atoms with Crippen molar-refractivity contribution in [1.29, 1.82) is 0 Å². The van der Waals surface area contributed by atoms with E-state index in [1.165, 1.54) is 23.4 Å². The predicted molar refractivity (Wildman–Crippen MR) is 96.0 cm³/mol. The molecule has 3 rings (SSSR count). The number of rotatable bonds is 3. The maximum absolute atomic E-state index is 12.1. The van der Waals surface area contributed by atoms with Crippen molar-refractivity contribution in [2.24, 2.45) is 4.99 Å². The summed E-state index contributed by atoms with van der Waals surface area (Å²) in [5.41, 5.74) is 2.66. The van der Waals surface area contributed by atoms with Crippen LogP contribution in [0.5, 0.6) is 5.75 Å². The van der Waals surface area contributed by atoms with Crippen LogP contribution in [0.25, 0.3) is 6.08 Å². The third kappa shape index (κ3) is 3.49. The van der Waals surface area contributed by atoms with Gasteiger partial charge in [0.2, 0.25) is 0 Å². The predicted octanol–water partition coefficient (Wildman–Crippen LogP) is 4.67. The maximum Gasteiger partial charge on any atom is 0.284 e. The first-order chi connectivity index (χ1) is 11.1. The molecule has 0 fully saturated rings.